The van der Waals surface area contributed by atoms with Gasteiger partial charge in [-0.25, -0.2) is 0 Å². The van der Waals surface area contributed by atoms with Crippen molar-refractivity contribution in [3.05, 3.63) is 59.9 Å². The van der Waals surface area contributed by atoms with Gasteiger partial charge in [0.25, 0.3) is 0 Å². The standard InChI is InChI=1S/C19H21N5S/c1-15-6-8-17(9-7-15)24-18(23-11-2-3-12-23)21-22-19(24)25-14-16-5-4-10-20-13-16/h4-10,13H,2-3,11-12,14H2,1H3. The van der Waals surface area contributed by atoms with Crippen molar-refractivity contribution in [3.8, 4) is 5.69 Å². The molecule has 6 heteroatoms. The Hall–Kier alpha value is -2.34. The number of aromatic nitrogens is 4. The molecule has 0 saturated carbocycles. The van der Waals surface area contributed by atoms with Crippen LogP contribution in [-0.4, -0.2) is 32.8 Å². The van der Waals surface area contributed by atoms with Gasteiger partial charge in [0.1, 0.15) is 0 Å². The zero-order valence-corrected chi connectivity index (χ0v) is 15.1. The Morgan fingerprint density at radius 3 is 2.56 bits per heavy atom. The molecule has 2 aromatic heterocycles. The molecular formula is C19H21N5S. The minimum absolute atomic E-state index is 0.831. The monoisotopic (exact) mass is 351 g/mol. The summed E-state index contributed by atoms with van der Waals surface area (Å²) < 4.78 is 2.19. The molecule has 0 aliphatic carbocycles. The molecule has 1 aromatic carbocycles. The van der Waals surface area contributed by atoms with Crippen LogP contribution >= 0.6 is 11.8 Å². The third kappa shape index (κ3) is 3.54. The van der Waals surface area contributed by atoms with Gasteiger partial charge in [-0.05, 0) is 43.5 Å². The molecule has 128 valence electrons. The molecule has 5 nitrogen and oxygen atoms in total. The van der Waals surface area contributed by atoms with Crippen LogP contribution in [0.3, 0.4) is 0 Å². The van der Waals surface area contributed by atoms with E-state index >= 15 is 0 Å². The molecule has 0 spiro atoms. The molecular weight excluding hydrogens is 330 g/mol. The number of pyridine rings is 1. The smallest absolute Gasteiger partial charge is 0.232 e. The van der Waals surface area contributed by atoms with Crippen LogP contribution in [0, 0.1) is 6.92 Å². The first-order valence-corrected chi connectivity index (χ1v) is 9.59. The van der Waals surface area contributed by atoms with E-state index in [0.717, 1.165) is 35.6 Å². The van der Waals surface area contributed by atoms with Crippen molar-refractivity contribution >= 4 is 17.7 Å². The summed E-state index contributed by atoms with van der Waals surface area (Å²) in [5.41, 5.74) is 3.56. The van der Waals surface area contributed by atoms with Crippen molar-refractivity contribution in [2.24, 2.45) is 0 Å². The lowest BCUT2D eigenvalue weighted by molar-refractivity contribution is 0.841. The van der Waals surface area contributed by atoms with Crippen molar-refractivity contribution in [1.29, 1.82) is 0 Å². The quantitative estimate of drug-likeness (QED) is 0.653. The van der Waals surface area contributed by atoms with Gasteiger partial charge < -0.3 is 4.90 Å². The fourth-order valence-electron chi connectivity index (χ4n) is 3.03. The van der Waals surface area contributed by atoms with Gasteiger partial charge in [0.2, 0.25) is 5.95 Å². The van der Waals surface area contributed by atoms with Crippen molar-refractivity contribution in [2.45, 2.75) is 30.7 Å². The second-order valence-corrected chi connectivity index (χ2v) is 7.24. The summed E-state index contributed by atoms with van der Waals surface area (Å²) in [7, 11) is 0. The van der Waals surface area contributed by atoms with Crippen LogP contribution < -0.4 is 4.90 Å². The SMILES string of the molecule is Cc1ccc(-n2c(SCc3cccnc3)nnc2N2CCCC2)cc1. The molecule has 0 amide bonds. The van der Waals surface area contributed by atoms with Crippen LogP contribution in [0.25, 0.3) is 5.69 Å². The van der Waals surface area contributed by atoms with Gasteiger partial charge in [0.15, 0.2) is 5.16 Å². The Morgan fingerprint density at radius 1 is 1.04 bits per heavy atom. The first-order chi connectivity index (χ1) is 12.3. The Labute approximate surface area is 152 Å². The Morgan fingerprint density at radius 2 is 1.84 bits per heavy atom. The second kappa shape index (κ2) is 7.27. The maximum Gasteiger partial charge on any atom is 0.232 e. The third-order valence-electron chi connectivity index (χ3n) is 4.39. The average Bonchev–Trinajstić information content (AvgIpc) is 3.31. The van der Waals surface area contributed by atoms with Gasteiger partial charge in [0, 0.05) is 31.2 Å². The largest absolute Gasteiger partial charge is 0.341 e. The summed E-state index contributed by atoms with van der Waals surface area (Å²) in [5.74, 6) is 1.78. The number of anilines is 1. The topological polar surface area (TPSA) is 46.8 Å². The summed E-state index contributed by atoms with van der Waals surface area (Å²) in [6.07, 6.45) is 6.15. The zero-order chi connectivity index (χ0) is 17.1. The molecule has 0 bridgehead atoms. The Kier molecular flexibility index (Phi) is 4.70. The van der Waals surface area contributed by atoms with Gasteiger partial charge in [-0.3, -0.25) is 9.55 Å². The van der Waals surface area contributed by atoms with Crippen LogP contribution in [0.5, 0.6) is 0 Å². The minimum Gasteiger partial charge on any atom is -0.341 e. The second-order valence-electron chi connectivity index (χ2n) is 6.30. The van der Waals surface area contributed by atoms with E-state index in [1.807, 2.05) is 12.3 Å². The zero-order valence-electron chi connectivity index (χ0n) is 14.3. The molecule has 1 fully saturated rings. The van der Waals surface area contributed by atoms with Crippen LogP contribution in [0.15, 0.2) is 53.9 Å². The van der Waals surface area contributed by atoms with E-state index in [2.05, 4.69) is 61.9 Å². The van der Waals surface area contributed by atoms with E-state index < -0.39 is 0 Å². The first-order valence-electron chi connectivity index (χ1n) is 8.60. The number of nitrogens with zero attached hydrogens (tertiary/aromatic N) is 5. The maximum atomic E-state index is 4.51. The average molecular weight is 351 g/mol. The summed E-state index contributed by atoms with van der Waals surface area (Å²) in [6, 6.07) is 12.6. The van der Waals surface area contributed by atoms with E-state index in [0.29, 0.717) is 0 Å². The van der Waals surface area contributed by atoms with Gasteiger partial charge in [-0.2, -0.15) is 0 Å². The van der Waals surface area contributed by atoms with Gasteiger partial charge in [-0.1, -0.05) is 35.5 Å². The van der Waals surface area contributed by atoms with Crippen molar-refractivity contribution in [3.63, 3.8) is 0 Å². The van der Waals surface area contributed by atoms with Gasteiger partial charge in [-0.15, -0.1) is 10.2 Å². The summed E-state index contributed by atoms with van der Waals surface area (Å²) in [5, 5.41) is 9.93. The van der Waals surface area contributed by atoms with Gasteiger partial charge >= 0.3 is 0 Å². The van der Waals surface area contributed by atoms with E-state index in [4.69, 9.17) is 0 Å². The van der Waals surface area contributed by atoms with Crippen molar-refractivity contribution in [1.82, 2.24) is 19.7 Å². The highest BCUT2D eigenvalue weighted by Crippen LogP contribution is 2.30. The number of hydrogen-bond acceptors (Lipinski definition) is 5. The fraction of sp³-hybridized carbons (Fsp3) is 0.316. The normalized spacial score (nSPS) is 14.2. The lowest BCUT2D eigenvalue weighted by Gasteiger charge is -2.18. The highest BCUT2D eigenvalue weighted by Gasteiger charge is 2.22. The Balaban J connectivity index is 1.67. The molecule has 1 saturated heterocycles. The van der Waals surface area contributed by atoms with E-state index in [1.54, 1.807) is 18.0 Å². The maximum absolute atomic E-state index is 4.51. The van der Waals surface area contributed by atoms with E-state index in [1.165, 1.54) is 24.0 Å². The highest BCUT2D eigenvalue weighted by molar-refractivity contribution is 7.98. The molecule has 0 radical (unpaired) electrons. The summed E-state index contributed by atoms with van der Waals surface area (Å²) in [4.78, 5) is 6.53. The molecule has 3 aromatic rings. The predicted octanol–water partition coefficient (Wildman–Crippen LogP) is 3.86. The Bertz CT molecular complexity index is 823. The van der Waals surface area contributed by atoms with Gasteiger partial charge in [0.05, 0.1) is 5.69 Å². The molecule has 0 atom stereocenters. The minimum atomic E-state index is 0.831. The molecule has 0 unspecified atom stereocenters. The number of thioether (sulfide) groups is 1. The molecule has 3 heterocycles. The van der Waals surface area contributed by atoms with Crippen molar-refractivity contribution < 1.29 is 0 Å². The lowest BCUT2D eigenvalue weighted by atomic mass is 10.2. The van der Waals surface area contributed by atoms with Crippen LogP contribution in [0.2, 0.25) is 0 Å². The number of benzene rings is 1. The number of hydrogen-bond donors (Lipinski definition) is 0. The van der Waals surface area contributed by atoms with Crippen LogP contribution in [0.1, 0.15) is 24.0 Å². The molecule has 25 heavy (non-hydrogen) atoms. The summed E-state index contributed by atoms with van der Waals surface area (Å²) in [6.45, 7) is 4.21. The first kappa shape index (κ1) is 16.1. The summed E-state index contributed by atoms with van der Waals surface area (Å²) >= 11 is 1.70. The van der Waals surface area contributed by atoms with E-state index in [-0.39, 0.29) is 0 Å². The highest BCUT2D eigenvalue weighted by atomic mass is 32.2. The lowest BCUT2D eigenvalue weighted by Crippen LogP contribution is -2.22. The molecule has 4 rings (SSSR count). The predicted molar refractivity (Wildman–Crippen MR) is 101 cm³/mol. The fourth-order valence-corrected chi connectivity index (χ4v) is 3.91. The van der Waals surface area contributed by atoms with Crippen LogP contribution in [-0.2, 0) is 5.75 Å². The van der Waals surface area contributed by atoms with E-state index in [9.17, 15) is 0 Å². The number of rotatable bonds is 5. The molecule has 0 N–H and O–H groups in total. The molecule has 1 aliphatic heterocycles. The third-order valence-corrected chi connectivity index (χ3v) is 5.39. The van der Waals surface area contributed by atoms with Crippen molar-refractivity contribution in [2.75, 3.05) is 18.0 Å². The van der Waals surface area contributed by atoms with Crippen LogP contribution in [0.4, 0.5) is 5.95 Å². The molecule has 1 aliphatic rings. The number of aryl methyl sites for hydroxylation is 1.